The van der Waals surface area contributed by atoms with E-state index in [0.717, 1.165) is 50.3 Å². The second-order valence-corrected chi connectivity index (χ2v) is 6.88. The zero-order valence-corrected chi connectivity index (χ0v) is 15.5. The second kappa shape index (κ2) is 9.19. The quantitative estimate of drug-likeness (QED) is 0.299. The van der Waals surface area contributed by atoms with E-state index in [1.807, 2.05) is 0 Å². The van der Waals surface area contributed by atoms with Crippen molar-refractivity contribution >= 4 is 5.97 Å². The minimum Gasteiger partial charge on any atom is -0.461 e. The molecule has 3 rings (SSSR count). The molecule has 0 amide bonds. The molecule has 7 nitrogen and oxygen atoms in total. The van der Waals surface area contributed by atoms with Crippen LogP contribution < -0.4 is 0 Å². The van der Waals surface area contributed by atoms with Gasteiger partial charge in [-0.3, -0.25) is 4.90 Å². The molecule has 158 valence electrons. The average molecular weight is 408 g/mol. The lowest BCUT2D eigenvalue weighted by Gasteiger charge is -2.26. The molecule has 0 N–H and O–H groups in total. The maximum absolute atomic E-state index is 13.5. The molecule has 28 heavy (non-hydrogen) atoms. The van der Waals surface area contributed by atoms with Gasteiger partial charge < -0.3 is 14.0 Å². The number of esters is 1. The minimum atomic E-state index is -4.72. The van der Waals surface area contributed by atoms with Gasteiger partial charge in [0.25, 0.3) is 0 Å². The largest absolute Gasteiger partial charge is 0.461 e. The van der Waals surface area contributed by atoms with Crippen molar-refractivity contribution in [1.29, 1.82) is 0 Å². The highest BCUT2D eigenvalue weighted by Gasteiger charge is 2.41. The SMILES string of the molecule is O=C(OCCCCCN1CCOCC1)c1nc(C(F)(F)F)n2c1CN(F)CC2. The van der Waals surface area contributed by atoms with E-state index >= 15 is 0 Å². The van der Waals surface area contributed by atoms with Gasteiger partial charge in [-0.05, 0) is 25.8 Å². The van der Waals surface area contributed by atoms with E-state index < -0.39 is 30.2 Å². The van der Waals surface area contributed by atoms with Crippen LogP contribution >= 0.6 is 0 Å². The molecule has 1 aromatic rings. The van der Waals surface area contributed by atoms with Crippen molar-refractivity contribution in [3.05, 3.63) is 17.2 Å². The lowest BCUT2D eigenvalue weighted by atomic mass is 10.2. The molecule has 2 aliphatic rings. The van der Waals surface area contributed by atoms with Crippen LogP contribution in [0, 0.1) is 0 Å². The Morgan fingerprint density at radius 3 is 2.57 bits per heavy atom. The molecule has 1 saturated heterocycles. The molecule has 2 aliphatic heterocycles. The fraction of sp³-hybridized carbons (Fsp3) is 0.765. The number of carbonyl (C=O) groups excluding carboxylic acids is 1. The second-order valence-electron chi connectivity index (χ2n) is 6.88. The van der Waals surface area contributed by atoms with Crippen LogP contribution in [0.5, 0.6) is 0 Å². The van der Waals surface area contributed by atoms with Gasteiger partial charge >= 0.3 is 12.1 Å². The summed E-state index contributed by atoms with van der Waals surface area (Å²) in [5.41, 5.74) is -0.554. The van der Waals surface area contributed by atoms with Gasteiger partial charge in [0, 0.05) is 26.2 Å². The summed E-state index contributed by atoms with van der Waals surface area (Å²) in [5, 5.41) is 0.361. The van der Waals surface area contributed by atoms with E-state index in [0.29, 0.717) is 11.5 Å². The van der Waals surface area contributed by atoms with E-state index in [9.17, 15) is 22.4 Å². The molecule has 0 atom stereocenters. The molecule has 0 unspecified atom stereocenters. The number of alkyl halides is 3. The van der Waals surface area contributed by atoms with Gasteiger partial charge in [-0.1, -0.05) is 0 Å². The van der Waals surface area contributed by atoms with Gasteiger partial charge in [0.05, 0.1) is 32.1 Å². The van der Waals surface area contributed by atoms with Crippen molar-refractivity contribution in [1.82, 2.24) is 19.6 Å². The Labute approximate surface area is 160 Å². The van der Waals surface area contributed by atoms with E-state index in [1.54, 1.807) is 0 Å². The summed E-state index contributed by atoms with van der Waals surface area (Å²) < 4.78 is 64.1. The van der Waals surface area contributed by atoms with Gasteiger partial charge in [-0.15, -0.1) is 9.60 Å². The number of unbranched alkanes of at least 4 members (excludes halogenated alkanes) is 2. The van der Waals surface area contributed by atoms with Crippen LogP contribution in [0.3, 0.4) is 0 Å². The fourth-order valence-corrected chi connectivity index (χ4v) is 3.39. The highest BCUT2D eigenvalue weighted by molar-refractivity contribution is 5.88. The Balaban J connectivity index is 1.49. The molecule has 0 radical (unpaired) electrons. The first-order chi connectivity index (χ1) is 13.4. The molecule has 0 spiro atoms. The molecule has 0 aliphatic carbocycles. The third kappa shape index (κ3) is 5.21. The molecule has 0 saturated carbocycles. The summed E-state index contributed by atoms with van der Waals surface area (Å²) in [6.07, 6.45) is -2.34. The summed E-state index contributed by atoms with van der Waals surface area (Å²) in [6.45, 7) is 3.49. The maximum atomic E-state index is 13.5. The summed E-state index contributed by atoms with van der Waals surface area (Å²) in [4.78, 5) is 17.9. The molecule has 3 heterocycles. The van der Waals surface area contributed by atoms with Gasteiger partial charge in [0.15, 0.2) is 5.69 Å². The number of carbonyl (C=O) groups is 1. The van der Waals surface area contributed by atoms with Crippen LogP contribution in [0.4, 0.5) is 17.7 Å². The van der Waals surface area contributed by atoms with Crippen LogP contribution in [0.1, 0.15) is 41.3 Å². The average Bonchev–Trinajstić information content (AvgIpc) is 3.04. The standard InChI is InChI=1S/C17H24F4N4O3/c18-17(19,20)16-22-14(13-12-24(21)5-6-25(13)16)15(26)28-9-3-1-2-4-23-7-10-27-11-8-23/h1-12H2. The first-order valence-electron chi connectivity index (χ1n) is 9.41. The number of fused-ring (bicyclic) bond motifs is 1. The van der Waals surface area contributed by atoms with E-state index in [-0.39, 0.29) is 25.4 Å². The van der Waals surface area contributed by atoms with Crippen LogP contribution in [0.2, 0.25) is 0 Å². The van der Waals surface area contributed by atoms with Crippen LogP contribution in [-0.4, -0.2) is 71.5 Å². The molecule has 11 heteroatoms. The molecular formula is C17H24F4N4O3. The molecule has 0 bridgehead atoms. The first-order valence-corrected chi connectivity index (χ1v) is 9.41. The first kappa shape index (κ1) is 21.0. The van der Waals surface area contributed by atoms with Crippen molar-refractivity contribution < 1.29 is 31.9 Å². The van der Waals surface area contributed by atoms with Crippen molar-refractivity contribution in [2.75, 3.05) is 46.0 Å². The predicted octanol–water partition coefficient (Wildman–Crippen LogP) is 2.26. The summed E-state index contributed by atoms with van der Waals surface area (Å²) in [5.74, 6) is -2.13. The highest BCUT2D eigenvalue weighted by Crippen LogP contribution is 2.32. The Morgan fingerprint density at radius 1 is 1.11 bits per heavy atom. The Morgan fingerprint density at radius 2 is 1.86 bits per heavy atom. The maximum Gasteiger partial charge on any atom is 0.449 e. The van der Waals surface area contributed by atoms with Gasteiger partial charge in [-0.25, -0.2) is 9.78 Å². The van der Waals surface area contributed by atoms with Gasteiger partial charge in [-0.2, -0.15) is 13.2 Å². The molecular weight excluding hydrogens is 384 g/mol. The highest BCUT2D eigenvalue weighted by atomic mass is 19.4. The number of hydrogen-bond donors (Lipinski definition) is 0. The number of rotatable bonds is 7. The topological polar surface area (TPSA) is 59.8 Å². The van der Waals surface area contributed by atoms with Gasteiger partial charge in [0.2, 0.25) is 5.82 Å². The summed E-state index contributed by atoms with van der Waals surface area (Å²) in [6, 6.07) is 0. The Bertz CT molecular complexity index is 674. The number of hydrogen-bond acceptors (Lipinski definition) is 6. The fourth-order valence-electron chi connectivity index (χ4n) is 3.39. The van der Waals surface area contributed by atoms with Crippen molar-refractivity contribution in [2.24, 2.45) is 0 Å². The smallest absolute Gasteiger partial charge is 0.449 e. The van der Waals surface area contributed by atoms with Crippen LogP contribution in [0.25, 0.3) is 0 Å². The monoisotopic (exact) mass is 408 g/mol. The summed E-state index contributed by atoms with van der Waals surface area (Å²) >= 11 is 0. The third-order valence-electron chi connectivity index (χ3n) is 4.86. The number of imidazole rings is 1. The number of ether oxygens (including phenoxy) is 2. The predicted molar refractivity (Wildman–Crippen MR) is 90.1 cm³/mol. The van der Waals surface area contributed by atoms with Crippen molar-refractivity contribution in [3.8, 4) is 0 Å². The number of halogens is 4. The minimum absolute atomic E-state index is 0.0922. The van der Waals surface area contributed by atoms with Crippen LogP contribution in [-0.2, 0) is 28.7 Å². The zero-order chi connectivity index (χ0) is 20.1. The molecule has 0 aromatic carbocycles. The summed E-state index contributed by atoms with van der Waals surface area (Å²) in [7, 11) is 0. The lowest BCUT2D eigenvalue weighted by Crippen LogP contribution is -2.36. The van der Waals surface area contributed by atoms with Gasteiger partial charge in [0.1, 0.15) is 0 Å². The normalized spacial score (nSPS) is 18.9. The Hall–Kier alpha value is -1.72. The van der Waals surface area contributed by atoms with Crippen LogP contribution in [0.15, 0.2) is 0 Å². The third-order valence-corrected chi connectivity index (χ3v) is 4.86. The Kier molecular flexibility index (Phi) is 6.89. The number of morpholine rings is 1. The zero-order valence-electron chi connectivity index (χ0n) is 15.5. The molecule has 1 aromatic heterocycles. The molecule has 1 fully saturated rings. The number of aromatic nitrogens is 2. The number of nitrogens with zero attached hydrogens (tertiary/aromatic N) is 4. The van der Waals surface area contributed by atoms with E-state index in [4.69, 9.17) is 9.47 Å². The lowest BCUT2D eigenvalue weighted by molar-refractivity contribution is -0.148. The van der Waals surface area contributed by atoms with Crippen molar-refractivity contribution in [3.63, 3.8) is 0 Å². The van der Waals surface area contributed by atoms with E-state index in [1.165, 1.54) is 0 Å². The van der Waals surface area contributed by atoms with E-state index in [2.05, 4.69) is 9.88 Å². The van der Waals surface area contributed by atoms with Crippen molar-refractivity contribution in [2.45, 2.75) is 38.5 Å².